The molecule has 3 rings (SSSR count). The summed E-state index contributed by atoms with van der Waals surface area (Å²) in [5, 5.41) is 0.686. The molecule has 2 heterocycles. The van der Waals surface area contributed by atoms with Crippen LogP contribution in [0, 0.1) is 6.92 Å². The topological polar surface area (TPSA) is 26.8 Å². The second-order valence-corrected chi connectivity index (χ2v) is 7.08. The van der Waals surface area contributed by atoms with E-state index in [1.807, 2.05) is 24.0 Å². The van der Waals surface area contributed by atoms with Gasteiger partial charge in [-0.2, -0.15) is 0 Å². The van der Waals surface area contributed by atoms with E-state index < -0.39 is 0 Å². The van der Waals surface area contributed by atoms with Crippen molar-refractivity contribution in [2.45, 2.75) is 19.8 Å². The van der Waals surface area contributed by atoms with E-state index >= 15 is 0 Å². The van der Waals surface area contributed by atoms with Crippen LogP contribution in [0.25, 0.3) is 0 Å². The number of benzene rings is 1. The summed E-state index contributed by atoms with van der Waals surface area (Å²) in [7, 11) is 0. The summed E-state index contributed by atoms with van der Waals surface area (Å²) in [4.78, 5) is 19.7. The summed E-state index contributed by atoms with van der Waals surface area (Å²) in [5.74, 6) is 0.137. The number of amides is 1. The standard InChI is InChI=1S/C18H26ClN3O/c1-15-14-16(19)4-5-17(15)18(23)22-12-10-21(11-13-22)9-8-20-6-2-3-7-20/h4-5,14H,2-3,6-13H2,1H3. The second kappa shape index (κ2) is 7.65. The normalized spacial score (nSPS) is 20.2. The lowest BCUT2D eigenvalue weighted by Gasteiger charge is -2.35. The van der Waals surface area contributed by atoms with Gasteiger partial charge in [-0.15, -0.1) is 0 Å². The Morgan fingerprint density at radius 1 is 1.00 bits per heavy atom. The summed E-state index contributed by atoms with van der Waals surface area (Å²) in [6, 6.07) is 5.51. The van der Waals surface area contributed by atoms with Crippen LogP contribution in [-0.4, -0.2) is 73.0 Å². The molecule has 126 valence electrons. The number of aryl methyl sites for hydroxylation is 1. The molecular formula is C18H26ClN3O. The van der Waals surface area contributed by atoms with Gasteiger partial charge >= 0.3 is 0 Å². The molecule has 0 saturated carbocycles. The number of rotatable bonds is 4. The number of hydrogen-bond acceptors (Lipinski definition) is 3. The van der Waals surface area contributed by atoms with Crippen molar-refractivity contribution in [2.75, 3.05) is 52.4 Å². The molecule has 0 aromatic heterocycles. The summed E-state index contributed by atoms with van der Waals surface area (Å²) in [5.41, 5.74) is 1.74. The van der Waals surface area contributed by atoms with Gasteiger partial charge in [0.1, 0.15) is 0 Å². The van der Waals surface area contributed by atoms with Crippen LogP contribution in [0.1, 0.15) is 28.8 Å². The SMILES string of the molecule is Cc1cc(Cl)ccc1C(=O)N1CCN(CCN2CCCC2)CC1. The minimum atomic E-state index is 0.137. The van der Waals surface area contributed by atoms with E-state index in [2.05, 4.69) is 9.80 Å². The minimum absolute atomic E-state index is 0.137. The lowest BCUT2D eigenvalue weighted by atomic mass is 10.1. The molecule has 0 unspecified atom stereocenters. The fraction of sp³-hybridized carbons (Fsp3) is 0.611. The van der Waals surface area contributed by atoms with Crippen molar-refractivity contribution < 1.29 is 4.79 Å². The quantitative estimate of drug-likeness (QED) is 0.846. The van der Waals surface area contributed by atoms with Crippen LogP contribution in [0.5, 0.6) is 0 Å². The van der Waals surface area contributed by atoms with Gasteiger partial charge in [0, 0.05) is 49.9 Å². The predicted molar refractivity (Wildman–Crippen MR) is 94.2 cm³/mol. The van der Waals surface area contributed by atoms with Gasteiger partial charge in [-0.05, 0) is 56.6 Å². The molecule has 2 aliphatic heterocycles. The number of piperazine rings is 1. The minimum Gasteiger partial charge on any atom is -0.336 e. The molecule has 4 nitrogen and oxygen atoms in total. The van der Waals surface area contributed by atoms with Crippen LogP contribution in [0.4, 0.5) is 0 Å². The number of hydrogen-bond donors (Lipinski definition) is 0. The van der Waals surface area contributed by atoms with Crippen molar-refractivity contribution in [2.24, 2.45) is 0 Å². The molecule has 1 amide bonds. The van der Waals surface area contributed by atoms with Gasteiger partial charge in [0.05, 0.1) is 0 Å². The lowest BCUT2D eigenvalue weighted by Crippen LogP contribution is -2.50. The summed E-state index contributed by atoms with van der Waals surface area (Å²) in [6.45, 7) is 10.4. The third-order valence-electron chi connectivity index (χ3n) is 5.01. The van der Waals surface area contributed by atoms with Crippen molar-refractivity contribution in [1.82, 2.24) is 14.7 Å². The van der Waals surface area contributed by atoms with Crippen molar-refractivity contribution in [3.05, 3.63) is 34.3 Å². The van der Waals surface area contributed by atoms with Gasteiger partial charge in [0.15, 0.2) is 0 Å². The Bertz CT molecular complexity index is 549. The molecule has 0 atom stereocenters. The number of halogens is 1. The van der Waals surface area contributed by atoms with Gasteiger partial charge in [-0.25, -0.2) is 0 Å². The number of carbonyl (C=O) groups is 1. The van der Waals surface area contributed by atoms with Crippen LogP contribution in [0.2, 0.25) is 5.02 Å². The Labute approximate surface area is 144 Å². The molecule has 1 aromatic carbocycles. The fourth-order valence-corrected chi connectivity index (χ4v) is 3.73. The molecule has 0 bridgehead atoms. The van der Waals surface area contributed by atoms with Crippen LogP contribution in [0.15, 0.2) is 18.2 Å². The molecule has 1 aromatic rings. The maximum Gasteiger partial charge on any atom is 0.254 e. The molecule has 2 saturated heterocycles. The monoisotopic (exact) mass is 335 g/mol. The molecule has 0 aliphatic carbocycles. The highest BCUT2D eigenvalue weighted by atomic mass is 35.5. The maximum absolute atomic E-state index is 12.7. The van der Waals surface area contributed by atoms with Crippen molar-refractivity contribution in [3.8, 4) is 0 Å². The van der Waals surface area contributed by atoms with Crippen molar-refractivity contribution in [3.63, 3.8) is 0 Å². The van der Waals surface area contributed by atoms with Crippen molar-refractivity contribution >= 4 is 17.5 Å². The highest BCUT2D eigenvalue weighted by Gasteiger charge is 2.23. The van der Waals surface area contributed by atoms with Crippen LogP contribution in [0.3, 0.4) is 0 Å². The van der Waals surface area contributed by atoms with Gasteiger partial charge < -0.3 is 9.80 Å². The van der Waals surface area contributed by atoms with Gasteiger partial charge in [0.2, 0.25) is 0 Å². The van der Waals surface area contributed by atoms with Crippen LogP contribution < -0.4 is 0 Å². The van der Waals surface area contributed by atoms with Gasteiger partial charge in [-0.1, -0.05) is 11.6 Å². The molecule has 2 fully saturated rings. The first kappa shape index (κ1) is 16.7. The molecule has 5 heteroatoms. The van der Waals surface area contributed by atoms with E-state index in [0.29, 0.717) is 5.02 Å². The largest absolute Gasteiger partial charge is 0.336 e. The number of nitrogens with zero attached hydrogens (tertiary/aromatic N) is 3. The van der Waals surface area contributed by atoms with Gasteiger partial charge in [0.25, 0.3) is 5.91 Å². The second-order valence-electron chi connectivity index (χ2n) is 6.64. The van der Waals surface area contributed by atoms with E-state index in [0.717, 1.165) is 43.9 Å². The van der Waals surface area contributed by atoms with E-state index in [-0.39, 0.29) is 5.91 Å². The van der Waals surface area contributed by atoms with E-state index in [9.17, 15) is 4.79 Å². The van der Waals surface area contributed by atoms with E-state index in [4.69, 9.17) is 11.6 Å². The summed E-state index contributed by atoms with van der Waals surface area (Å²) < 4.78 is 0. The zero-order valence-corrected chi connectivity index (χ0v) is 14.7. The zero-order valence-electron chi connectivity index (χ0n) is 13.9. The summed E-state index contributed by atoms with van der Waals surface area (Å²) in [6.07, 6.45) is 2.70. The third kappa shape index (κ3) is 4.25. The summed E-state index contributed by atoms with van der Waals surface area (Å²) >= 11 is 5.98. The average Bonchev–Trinajstić information content (AvgIpc) is 3.06. The molecule has 23 heavy (non-hydrogen) atoms. The molecule has 2 aliphatic rings. The number of likely N-dealkylation sites (tertiary alicyclic amines) is 1. The lowest BCUT2D eigenvalue weighted by molar-refractivity contribution is 0.0626. The Kier molecular flexibility index (Phi) is 5.57. The Morgan fingerprint density at radius 3 is 2.22 bits per heavy atom. The Morgan fingerprint density at radius 2 is 1.61 bits per heavy atom. The first-order valence-corrected chi connectivity index (χ1v) is 9.01. The average molecular weight is 336 g/mol. The predicted octanol–water partition coefficient (Wildman–Crippen LogP) is 2.50. The van der Waals surface area contributed by atoms with E-state index in [1.165, 1.54) is 32.5 Å². The van der Waals surface area contributed by atoms with Crippen LogP contribution in [-0.2, 0) is 0 Å². The Balaban J connectivity index is 1.49. The first-order chi connectivity index (χ1) is 11.1. The number of carbonyl (C=O) groups excluding carboxylic acids is 1. The molecule has 0 N–H and O–H groups in total. The maximum atomic E-state index is 12.7. The fourth-order valence-electron chi connectivity index (χ4n) is 3.50. The van der Waals surface area contributed by atoms with Gasteiger partial charge in [-0.3, -0.25) is 9.69 Å². The zero-order chi connectivity index (χ0) is 16.2. The molecular weight excluding hydrogens is 310 g/mol. The highest BCUT2D eigenvalue weighted by Crippen LogP contribution is 2.18. The molecule has 0 spiro atoms. The van der Waals surface area contributed by atoms with Crippen LogP contribution >= 0.6 is 11.6 Å². The third-order valence-corrected chi connectivity index (χ3v) is 5.24. The Hall–Kier alpha value is -1.10. The van der Waals surface area contributed by atoms with E-state index in [1.54, 1.807) is 6.07 Å². The smallest absolute Gasteiger partial charge is 0.254 e. The highest BCUT2D eigenvalue weighted by molar-refractivity contribution is 6.30. The van der Waals surface area contributed by atoms with Crippen molar-refractivity contribution in [1.29, 1.82) is 0 Å². The molecule has 0 radical (unpaired) electrons. The first-order valence-electron chi connectivity index (χ1n) is 8.63.